The standard InChI is InChI=1S/C28H34N2O5/c1-2-3-9-18(16-26(31)32)29-27(33)23-14-8-15-25(23)30-28(34)35-17-24-21-12-6-4-10-19(21)20-11-5-7-13-22(20)24/h4-7,10-13,18,23-25H,2-3,8-9,14-17H2,1H3,(H,29,33)(H,30,34)(H,31,32)/t18-,23-,25+/m0/s1. The molecule has 1 saturated carbocycles. The molecule has 2 aromatic carbocycles. The largest absolute Gasteiger partial charge is 0.481 e. The topological polar surface area (TPSA) is 105 Å². The van der Waals surface area contributed by atoms with Crippen molar-refractivity contribution in [2.75, 3.05) is 6.61 Å². The van der Waals surface area contributed by atoms with Crippen LogP contribution in [0.2, 0.25) is 0 Å². The molecule has 1 fully saturated rings. The van der Waals surface area contributed by atoms with Gasteiger partial charge in [0, 0.05) is 18.0 Å². The zero-order chi connectivity index (χ0) is 24.8. The van der Waals surface area contributed by atoms with Crippen LogP contribution in [0.25, 0.3) is 11.1 Å². The summed E-state index contributed by atoms with van der Waals surface area (Å²) < 4.78 is 5.66. The third-order valence-electron chi connectivity index (χ3n) is 7.17. The maximum Gasteiger partial charge on any atom is 0.407 e. The normalized spacial score (nSPS) is 19.5. The summed E-state index contributed by atoms with van der Waals surface area (Å²) in [4.78, 5) is 36.8. The first-order chi connectivity index (χ1) is 17.0. The molecule has 2 amide bonds. The van der Waals surface area contributed by atoms with E-state index in [2.05, 4.69) is 34.9 Å². The Bertz CT molecular complexity index is 1020. The fourth-order valence-electron chi connectivity index (χ4n) is 5.43. The Hall–Kier alpha value is -3.35. The third-order valence-corrected chi connectivity index (χ3v) is 7.17. The Morgan fingerprint density at radius 1 is 1.03 bits per heavy atom. The van der Waals surface area contributed by atoms with Crippen molar-refractivity contribution >= 4 is 18.0 Å². The molecule has 35 heavy (non-hydrogen) atoms. The SMILES string of the molecule is CCCC[C@@H](CC(=O)O)NC(=O)[C@H]1CCC[C@H]1NC(=O)OCC1c2ccccc2-c2ccccc21. The predicted molar refractivity (Wildman–Crippen MR) is 133 cm³/mol. The number of benzene rings is 2. The van der Waals surface area contributed by atoms with Crippen molar-refractivity contribution in [1.29, 1.82) is 0 Å². The lowest BCUT2D eigenvalue weighted by molar-refractivity contribution is -0.138. The van der Waals surface area contributed by atoms with E-state index in [1.165, 1.54) is 11.1 Å². The van der Waals surface area contributed by atoms with E-state index in [9.17, 15) is 19.5 Å². The van der Waals surface area contributed by atoms with Crippen molar-refractivity contribution in [2.45, 2.75) is 69.9 Å². The molecule has 0 radical (unpaired) electrons. The van der Waals surface area contributed by atoms with E-state index in [1.54, 1.807) is 0 Å². The first-order valence-electron chi connectivity index (χ1n) is 12.6. The highest BCUT2D eigenvalue weighted by atomic mass is 16.5. The van der Waals surface area contributed by atoms with Gasteiger partial charge < -0.3 is 20.5 Å². The summed E-state index contributed by atoms with van der Waals surface area (Å²) in [5.41, 5.74) is 4.64. The first-order valence-corrected chi connectivity index (χ1v) is 12.6. The maximum absolute atomic E-state index is 12.9. The van der Waals surface area contributed by atoms with Crippen molar-refractivity contribution in [3.63, 3.8) is 0 Å². The zero-order valence-electron chi connectivity index (χ0n) is 20.2. The summed E-state index contributed by atoms with van der Waals surface area (Å²) in [5.74, 6) is -1.51. The minimum Gasteiger partial charge on any atom is -0.481 e. The van der Waals surface area contributed by atoms with Gasteiger partial charge in [0.1, 0.15) is 6.61 Å². The Kier molecular flexibility index (Phi) is 8.06. The molecule has 0 unspecified atom stereocenters. The summed E-state index contributed by atoms with van der Waals surface area (Å²) in [5, 5.41) is 15.0. The Morgan fingerprint density at radius 2 is 1.69 bits per heavy atom. The van der Waals surface area contributed by atoms with Gasteiger partial charge in [-0.2, -0.15) is 0 Å². The molecular weight excluding hydrogens is 444 g/mol. The van der Waals surface area contributed by atoms with Crippen molar-refractivity contribution in [2.24, 2.45) is 5.92 Å². The highest BCUT2D eigenvalue weighted by Crippen LogP contribution is 2.44. The molecule has 4 rings (SSSR count). The number of unbranched alkanes of at least 4 members (excludes halogenated alkanes) is 1. The molecule has 0 saturated heterocycles. The lowest BCUT2D eigenvalue weighted by Gasteiger charge is -2.24. The Labute approximate surface area is 206 Å². The highest BCUT2D eigenvalue weighted by molar-refractivity contribution is 5.82. The van der Waals surface area contributed by atoms with Gasteiger partial charge in [0.2, 0.25) is 5.91 Å². The lowest BCUT2D eigenvalue weighted by atomic mass is 9.98. The van der Waals surface area contributed by atoms with Gasteiger partial charge in [0.05, 0.1) is 12.3 Å². The van der Waals surface area contributed by atoms with E-state index in [4.69, 9.17) is 4.74 Å². The summed E-state index contributed by atoms with van der Waals surface area (Å²) in [6, 6.07) is 15.6. The fraction of sp³-hybridized carbons (Fsp3) is 0.464. The number of rotatable bonds is 10. The van der Waals surface area contributed by atoms with E-state index < -0.39 is 18.1 Å². The number of hydrogen-bond donors (Lipinski definition) is 3. The molecule has 7 nitrogen and oxygen atoms in total. The van der Waals surface area contributed by atoms with Gasteiger partial charge in [-0.15, -0.1) is 0 Å². The Morgan fingerprint density at radius 3 is 2.31 bits per heavy atom. The molecule has 3 atom stereocenters. The van der Waals surface area contributed by atoms with Gasteiger partial charge >= 0.3 is 12.1 Å². The number of carboxylic acids is 1. The van der Waals surface area contributed by atoms with E-state index in [0.29, 0.717) is 19.3 Å². The van der Waals surface area contributed by atoms with Gasteiger partial charge in [-0.05, 0) is 41.5 Å². The van der Waals surface area contributed by atoms with Crippen LogP contribution in [0.3, 0.4) is 0 Å². The third kappa shape index (κ3) is 5.84. The van der Waals surface area contributed by atoms with E-state index in [0.717, 1.165) is 30.4 Å². The smallest absolute Gasteiger partial charge is 0.407 e. The zero-order valence-corrected chi connectivity index (χ0v) is 20.2. The quantitative estimate of drug-likeness (QED) is 0.453. The maximum atomic E-state index is 12.9. The van der Waals surface area contributed by atoms with Crippen LogP contribution in [0.1, 0.15) is 68.9 Å². The van der Waals surface area contributed by atoms with Crippen molar-refractivity contribution < 1.29 is 24.2 Å². The summed E-state index contributed by atoms with van der Waals surface area (Å²) in [7, 11) is 0. The Balaban J connectivity index is 1.34. The second-order valence-electron chi connectivity index (χ2n) is 9.56. The van der Waals surface area contributed by atoms with Crippen LogP contribution in [0.4, 0.5) is 4.79 Å². The average molecular weight is 479 g/mol. The molecule has 2 aromatic rings. The number of aliphatic carboxylic acids is 1. The molecular formula is C28H34N2O5. The fourth-order valence-corrected chi connectivity index (χ4v) is 5.43. The van der Waals surface area contributed by atoms with Gasteiger partial charge in [0.25, 0.3) is 0 Å². The molecule has 0 aliphatic heterocycles. The molecule has 0 spiro atoms. The second kappa shape index (κ2) is 11.4. The molecule has 3 N–H and O–H groups in total. The molecule has 0 bridgehead atoms. The lowest BCUT2D eigenvalue weighted by Crippen LogP contribution is -2.47. The average Bonchev–Trinajstić information content (AvgIpc) is 3.43. The van der Waals surface area contributed by atoms with Crippen LogP contribution in [0, 0.1) is 5.92 Å². The van der Waals surface area contributed by atoms with Gasteiger partial charge in [-0.1, -0.05) is 74.7 Å². The van der Waals surface area contributed by atoms with Crippen LogP contribution in [0.15, 0.2) is 48.5 Å². The van der Waals surface area contributed by atoms with Crippen LogP contribution >= 0.6 is 0 Å². The second-order valence-corrected chi connectivity index (χ2v) is 9.56. The van der Waals surface area contributed by atoms with Crippen molar-refractivity contribution in [3.8, 4) is 11.1 Å². The highest BCUT2D eigenvalue weighted by Gasteiger charge is 2.36. The number of fused-ring (bicyclic) bond motifs is 3. The summed E-state index contributed by atoms with van der Waals surface area (Å²) in [6.45, 7) is 2.26. The van der Waals surface area contributed by atoms with E-state index in [1.807, 2.05) is 31.2 Å². The molecule has 186 valence electrons. The monoisotopic (exact) mass is 478 g/mol. The summed E-state index contributed by atoms with van der Waals surface area (Å²) >= 11 is 0. The van der Waals surface area contributed by atoms with Crippen LogP contribution < -0.4 is 10.6 Å². The number of nitrogens with one attached hydrogen (secondary N) is 2. The minimum atomic E-state index is -0.925. The van der Waals surface area contributed by atoms with Crippen LogP contribution in [0.5, 0.6) is 0 Å². The number of carbonyl (C=O) groups is 3. The first kappa shape index (κ1) is 24.8. The van der Waals surface area contributed by atoms with Crippen molar-refractivity contribution in [3.05, 3.63) is 59.7 Å². The number of hydrogen-bond acceptors (Lipinski definition) is 4. The van der Waals surface area contributed by atoms with E-state index in [-0.39, 0.29) is 36.8 Å². The number of alkyl carbamates (subject to hydrolysis) is 1. The molecule has 2 aliphatic rings. The van der Waals surface area contributed by atoms with Gasteiger partial charge in [-0.3, -0.25) is 9.59 Å². The molecule has 2 aliphatic carbocycles. The number of carbonyl (C=O) groups excluding carboxylic acids is 2. The predicted octanol–water partition coefficient (Wildman–Crippen LogP) is 4.84. The molecule has 7 heteroatoms. The summed E-state index contributed by atoms with van der Waals surface area (Å²) in [6.07, 6.45) is 3.98. The van der Waals surface area contributed by atoms with Crippen molar-refractivity contribution in [1.82, 2.24) is 10.6 Å². The molecule has 0 aromatic heterocycles. The van der Waals surface area contributed by atoms with Gasteiger partial charge in [0.15, 0.2) is 0 Å². The van der Waals surface area contributed by atoms with Crippen LogP contribution in [-0.2, 0) is 14.3 Å². The number of amides is 2. The number of ether oxygens (including phenoxy) is 1. The molecule has 0 heterocycles. The number of carboxylic acid groups (broad SMARTS) is 1. The van der Waals surface area contributed by atoms with E-state index >= 15 is 0 Å². The van der Waals surface area contributed by atoms with Gasteiger partial charge in [-0.25, -0.2) is 4.79 Å². The minimum absolute atomic E-state index is 0.0221. The van der Waals surface area contributed by atoms with Crippen LogP contribution in [-0.4, -0.2) is 41.8 Å².